The van der Waals surface area contributed by atoms with E-state index in [9.17, 15) is 25.5 Å². The van der Waals surface area contributed by atoms with Crippen molar-refractivity contribution in [3.05, 3.63) is 53.1 Å². The van der Waals surface area contributed by atoms with Crippen LogP contribution in [0.3, 0.4) is 0 Å². The van der Waals surface area contributed by atoms with Crippen molar-refractivity contribution in [2.45, 2.75) is 20.8 Å². The van der Waals surface area contributed by atoms with Gasteiger partial charge in [-0.2, -0.15) is 0 Å². The Balaban J connectivity index is 2.02. The first kappa shape index (κ1) is 19.0. The van der Waals surface area contributed by atoms with Crippen molar-refractivity contribution in [2.75, 3.05) is 0 Å². The van der Waals surface area contributed by atoms with Crippen LogP contribution in [0.1, 0.15) is 16.7 Å². The number of phenols is 5. The van der Waals surface area contributed by atoms with E-state index in [2.05, 4.69) is 0 Å². The zero-order chi connectivity index (χ0) is 20.6. The quantitative estimate of drug-likeness (QED) is 0.413. The molecule has 0 amide bonds. The molecule has 5 N–H and O–H groups in total. The molecule has 0 aliphatic heterocycles. The van der Waals surface area contributed by atoms with E-state index in [1.54, 1.807) is 20.8 Å². The van der Waals surface area contributed by atoms with Gasteiger partial charge in [-0.1, -0.05) is 0 Å². The van der Waals surface area contributed by atoms with Gasteiger partial charge in [0, 0.05) is 0 Å². The summed E-state index contributed by atoms with van der Waals surface area (Å²) in [6.45, 7) is 5.13. The Kier molecular flexibility index (Phi) is 4.83. The fourth-order valence-corrected chi connectivity index (χ4v) is 2.74. The number of hydrogen-bond donors (Lipinski definition) is 5. The molecular weight excluding hydrogens is 364 g/mol. The van der Waals surface area contributed by atoms with Crippen LogP contribution in [0.2, 0.25) is 0 Å². The minimum absolute atomic E-state index is 0.0404. The predicted octanol–water partition coefficient (Wildman–Crippen LogP) is 4.72. The van der Waals surface area contributed by atoms with Crippen LogP contribution in [0.5, 0.6) is 51.7 Å². The molecule has 28 heavy (non-hydrogen) atoms. The summed E-state index contributed by atoms with van der Waals surface area (Å²) in [5.41, 5.74) is 1.92. The molecule has 0 spiro atoms. The summed E-state index contributed by atoms with van der Waals surface area (Å²) in [5.74, 6) is -2.19. The normalized spacial score (nSPS) is 10.7. The van der Waals surface area contributed by atoms with Gasteiger partial charge in [0.1, 0.15) is 0 Å². The van der Waals surface area contributed by atoms with Gasteiger partial charge in [-0.05, 0) is 73.9 Å². The third-order valence-electron chi connectivity index (χ3n) is 4.01. The molecule has 7 nitrogen and oxygen atoms in total. The molecule has 0 aliphatic carbocycles. The van der Waals surface area contributed by atoms with E-state index in [4.69, 9.17) is 9.47 Å². The Morgan fingerprint density at radius 2 is 0.893 bits per heavy atom. The first-order chi connectivity index (χ1) is 13.2. The number of benzene rings is 3. The molecule has 0 aliphatic rings. The van der Waals surface area contributed by atoms with Crippen LogP contribution in [0.4, 0.5) is 0 Å². The highest BCUT2D eigenvalue weighted by Gasteiger charge is 2.19. The summed E-state index contributed by atoms with van der Waals surface area (Å²) in [5, 5.41) is 50.4. The van der Waals surface area contributed by atoms with E-state index >= 15 is 0 Å². The fraction of sp³-hybridized carbons (Fsp3) is 0.143. The van der Waals surface area contributed by atoms with Gasteiger partial charge in [-0.15, -0.1) is 0 Å². The minimum Gasteiger partial charge on any atom is -0.504 e. The van der Waals surface area contributed by atoms with Gasteiger partial charge >= 0.3 is 0 Å². The smallest absolute Gasteiger partial charge is 0.210 e. The minimum atomic E-state index is -0.470. The fourth-order valence-electron chi connectivity index (χ4n) is 2.74. The topological polar surface area (TPSA) is 120 Å². The molecule has 0 heterocycles. The van der Waals surface area contributed by atoms with Gasteiger partial charge in [0.2, 0.25) is 17.2 Å². The van der Waals surface area contributed by atoms with Crippen LogP contribution < -0.4 is 9.47 Å². The molecule has 3 aromatic rings. The second kappa shape index (κ2) is 7.11. The molecule has 7 heteroatoms. The Morgan fingerprint density at radius 3 is 1.46 bits per heavy atom. The SMILES string of the molecule is Cc1cc(O)c(Oc2cc(C)cc(Oc3cc(C)cc(O)c3O)c2O)c(O)c1. The third kappa shape index (κ3) is 3.68. The summed E-state index contributed by atoms with van der Waals surface area (Å²) in [7, 11) is 0. The van der Waals surface area contributed by atoms with E-state index in [0.717, 1.165) is 0 Å². The predicted molar refractivity (Wildman–Crippen MR) is 102 cm³/mol. The lowest BCUT2D eigenvalue weighted by Crippen LogP contribution is -1.92. The monoisotopic (exact) mass is 384 g/mol. The summed E-state index contributed by atoms with van der Waals surface area (Å²) < 4.78 is 11.1. The Bertz CT molecular complexity index is 1030. The number of aromatic hydroxyl groups is 5. The highest BCUT2D eigenvalue weighted by atomic mass is 16.5. The second-order valence-electron chi connectivity index (χ2n) is 6.58. The number of rotatable bonds is 4. The van der Waals surface area contributed by atoms with Crippen LogP contribution >= 0.6 is 0 Å². The van der Waals surface area contributed by atoms with Gasteiger partial charge in [0.15, 0.2) is 34.5 Å². The zero-order valence-corrected chi connectivity index (χ0v) is 15.5. The van der Waals surface area contributed by atoms with E-state index in [0.29, 0.717) is 16.7 Å². The number of aryl methyl sites for hydroxylation is 3. The largest absolute Gasteiger partial charge is 0.504 e. The molecule has 0 bridgehead atoms. The average molecular weight is 384 g/mol. The maximum Gasteiger partial charge on any atom is 0.210 e. The van der Waals surface area contributed by atoms with E-state index < -0.39 is 11.5 Å². The molecule has 0 radical (unpaired) electrons. The molecule has 0 unspecified atom stereocenters. The Hall–Kier alpha value is -3.74. The average Bonchev–Trinajstić information content (AvgIpc) is 2.59. The molecule has 0 aromatic heterocycles. The van der Waals surface area contributed by atoms with Crippen molar-refractivity contribution >= 4 is 0 Å². The van der Waals surface area contributed by atoms with Crippen molar-refractivity contribution in [3.8, 4) is 51.7 Å². The molecular formula is C21H20O7. The van der Waals surface area contributed by atoms with E-state index in [-0.39, 0.29) is 40.2 Å². The lowest BCUT2D eigenvalue weighted by Gasteiger charge is -2.16. The zero-order valence-electron chi connectivity index (χ0n) is 15.5. The van der Waals surface area contributed by atoms with Crippen LogP contribution in [-0.4, -0.2) is 25.5 Å². The Labute approximate surface area is 161 Å². The standard InChI is InChI=1S/C21H20O7/c1-10-5-14(23)21(15(24)6-10)28-18-9-12(3)8-17(20(18)26)27-16-7-11(2)4-13(22)19(16)25/h4-9,22-26H,1-3H3. The number of ether oxygens (including phenoxy) is 2. The van der Waals surface area contributed by atoms with Gasteiger partial charge in [-0.25, -0.2) is 0 Å². The molecule has 0 saturated carbocycles. The number of hydrogen-bond acceptors (Lipinski definition) is 7. The molecule has 146 valence electrons. The van der Waals surface area contributed by atoms with Gasteiger partial charge < -0.3 is 35.0 Å². The van der Waals surface area contributed by atoms with Crippen LogP contribution in [0.25, 0.3) is 0 Å². The molecule has 3 aromatic carbocycles. The van der Waals surface area contributed by atoms with E-state index in [1.165, 1.54) is 36.4 Å². The van der Waals surface area contributed by atoms with Crippen LogP contribution in [0.15, 0.2) is 36.4 Å². The second-order valence-corrected chi connectivity index (χ2v) is 6.58. The molecule has 3 rings (SSSR count). The summed E-state index contributed by atoms with van der Waals surface area (Å²) in [4.78, 5) is 0. The van der Waals surface area contributed by atoms with Crippen molar-refractivity contribution in [1.29, 1.82) is 0 Å². The first-order valence-corrected chi connectivity index (χ1v) is 8.40. The lowest BCUT2D eigenvalue weighted by molar-refractivity contribution is 0.341. The molecule has 0 fully saturated rings. The van der Waals surface area contributed by atoms with Crippen LogP contribution in [-0.2, 0) is 0 Å². The van der Waals surface area contributed by atoms with Crippen LogP contribution in [0, 0.1) is 20.8 Å². The Morgan fingerprint density at radius 1 is 0.500 bits per heavy atom. The van der Waals surface area contributed by atoms with Gasteiger partial charge in [-0.3, -0.25) is 0 Å². The highest BCUT2D eigenvalue weighted by Crippen LogP contribution is 2.47. The van der Waals surface area contributed by atoms with Gasteiger partial charge in [0.05, 0.1) is 0 Å². The lowest BCUT2D eigenvalue weighted by atomic mass is 10.1. The van der Waals surface area contributed by atoms with Gasteiger partial charge in [0.25, 0.3) is 0 Å². The first-order valence-electron chi connectivity index (χ1n) is 8.40. The maximum absolute atomic E-state index is 10.5. The summed E-state index contributed by atoms with van der Waals surface area (Å²) in [6, 6.07) is 8.69. The maximum atomic E-state index is 10.5. The van der Waals surface area contributed by atoms with Crippen molar-refractivity contribution in [3.63, 3.8) is 0 Å². The van der Waals surface area contributed by atoms with Crippen molar-refractivity contribution in [2.24, 2.45) is 0 Å². The molecule has 0 saturated heterocycles. The highest BCUT2D eigenvalue weighted by molar-refractivity contribution is 5.60. The van der Waals surface area contributed by atoms with Crippen molar-refractivity contribution in [1.82, 2.24) is 0 Å². The number of phenolic OH excluding ortho intramolecular Hbond substituents is 5. The molecule has 0 atom stereocenters. The summed E-state index contributed by atoms with van der Waals surface area (Å²) >= 11 is 0. The van der Waals surface area contributed by atoms with E-state index in [1.807, 2.05) is 0 Å². The summed E-state index contributed by atoms with van der Waals surface area (Å²) in [6.07, 6.45) is 0. The third-order valence-corrected chi connectivity index (χ3v) is 4.01. The van der Waals surface area contributed by atoms with Crippen molar-refractivity contribution < 1.29 is 35.0 Å².